The van der Waals surface area contributed by atoms with Gasteiger partial charge in [0.2, 0.25) is 11.6 Å². The summed E-state index contributed by atoms with van der Waals surface area (Å²) in [4.78, 5) is 28.6. The number of carbonyl (C=O) groups excluding carboxylic acids is 1. The van der Waals surface area contributed by atoms with Crippen molar-refractivity contribution < 1.29 is 24.0 Å². The summed E-state index contributed by atoms with van der Waals surface area (Å²) in [6.07, 6.45) is 6.17. The van der Waals surface area contributed by atoms with E-state index in [1.807, 2.05) is 9.80 Å². The zero-order valence-electron chi connectivity index (χ0n) is 17.2. The molecule has 158 valence electrons. The number of hydrogen-bond donors (Lipinski definition) is 0. The van der Waals surface area contributed by atoms with E-state index in [9.17, 15) is 4.79 Å². The first kappa shape index (κ1) is 19.1. The van der Waals surface area contributed by atoms with Gasteiger partial charge in [0, 0.05) is 50.9 Å². The fourth-order valence-electron chi connectivity index (χ4n) is 6.31. The monoisotopic (exact) mass is 394 g/mol. The van der Waals surface area contributed by atoms with Crippen LogP contribution in [0.5, 0.6) is 0 Å². The molecular weight excluding hydrogens is 360 g/mol. The second-order valence-electron chi connectivity index (χ2n) is 9.78. The van der Waals surface area contributed by atoms with Crippen LogP contribution < -0.4 is 0 Å². The quantitative estimate of drug-likeness (QED) is 0.591. The second kappa shape index (κ2) is 7.11. The zero-order valence-corrected chi connectivity index (χ0v) is 17.2. The van der Waals surface area contributed by atoms with Crippen molar-refractivity contribution in [1.82, 2.24) is 9.80 Å². The molecule has 5 fully saturated rings. The molecule has 5 atom stereocenters. The molecule has 2 aliphatic carbocycles. The molecular formula is C21H34N2O5. The molecule has 3 saturated heterocycles. The largest absolute Gasteiger partial charge is 0.378 e. The summed E-state index contributed by atoms with van der Waals surface area (Å²) in [5, 5.41) is 0. The molecule has 0 aromatic carbocycles. The number of morpholine rings is 1. The number of urea groups is 1. The van der Waals surface area contributed by atoms with Crippen LogP contribution in [0.25, 0.3) is 0 Å². The van der Waals surface area contributed by atoms with Gasteiger partial charge in [0.1, 0.15) is 0 Å². The van der Waals surface area contributed by atoms with Crippen molar-refractivity contribution in [3.8, 4) is 0 Å². The Hall–Kier alpha value is -0.890. The van der Waals surface area contributed by atoms with E-state index in [1.165, 1.54) is 12.8 Å². The third kappa shape index (κ3) is 3.15. The summed E-state index contributed by atoms with van der Waals surface area (Å²) in [6, 6.07) is 0.113. The maximum atomic E-state index is 12.8. The minimum Gasteiger partial charge on any atom is -0.378 e. The summed E-state index contributed by atoms with van der Waals surface area (Å²) in [5.74, 6) is 0.995. The Balaban J connectivity index is 1.24. The Morgan fingerprint density at radius 2 is 1.61 bits per heavy atom. The Morgan fingerprint density at radius 1 is 0.893 bits per heavy atom. The van der Waals surface area contributed by atoms with Gasteiger partial charge in [0.25, 0.3) is 0 Å². The molecule has 5 rings (SSSR count). The molecule has 2 amide bonds. The summed E-state index contributed by atoms with van der Waals surface area (Å²) >= 11 is 0. The van der Waals surface area contributed by atoms with E-state index >= 15 is 0 Å². The maximum absolute atomic E-state index is 12.8. The standard InChI is InChI=1S/C21H34N2O5/c1-15-11-17-13-16(2)21(18(12-15)14-17)26-20(27-28-21)3-5-22(6-4-20)19(24)23-7-9-25-10-8-23/h15-18H,3-14H2,1-2H3. The molecule has 5 aliphatic rings. The summed E-state index contributed by atoms with van der Waals surface area (Å²) in [7, 11) is 0. The fraction of sp³-hybridized carbons (Fsp3) is 0.952. The highest BCUT2D eigenvalue weighted by Gasteiger charge is 2.63. The molecule has 0 aromatic heterocycles. The van der Waals surface area contributed by atoms with Gasteiger partial charge in [-0.15, -0.1) is 0 Å². The number of fused-ring (bicyclic) bond motifs is 3. The molecule has 5 unspecified atom stereocenters. The van der Waals surface area contributed by atoms with Crippen LogP contribution in [-0.4, -0.2) is 66.8 Å². The van der Waals surface area contributed by atoms with Crippen molar-refractivity contribution in [2.45, 2.75) is 63.9 Å². The lowest BCUT2D eigenvalue weighted by Crippen LogP contribution is -2.56. The van der Waals surface area contributed by atoms with Crippen LogP contribution in [0, 0.1) is 23.7 Å². The molecule has 0 aromatic rings. The predicted octanol–water partition coefficient (Wildman–Crippen LogP) is 3.00. The number of nitrogens with zero attached hydrogens (tertiary/aromatic N) is 2. The van der Waals surface area contributed by atoms with E-state index in [0.717, 1.165) is 24.7 Å². The summed E-state index contributed by atoms with van der Waals surface area (Å²) in [6.45, 7) is 8.52. The third-order valence-electron chi connectivity index (χ3n) is 7.73. The summed E-state index contributed by atoms with van der Waals surface area (Å²) in [5.41, 5.74) is 0. The van der Waals surface area contributed by atoms with Gasteiger partial charge in [-0.3, -0.25) is 0 Å². The van der Waals surface area contributed by atoms with Gasteiger partial charge in [-0.1, -0.05) is 13.8 Å². The minimum atomic E-state index is -0.691. The lowest BCUT2D eigenvalue weighted by atomic mass is 9.62. The van der Waals surface area contributed by atoms with E-state index in [0.29, 0.717) is 64.1 Å². The van der Waals surface area contributed by atoms with Crippen LogP contribution in [0.15, 0.2) is 0 Å². The minimum absolute atomic E-state index is 0.113. The highest BCUT2D eigenvalue weighted by molar-refractivity contribution is 5.74. The smallest absolute Gasteiger partial charge is 0.320 e. The first-order valence-corrected chi connectivity index (χ1v) is 11.2. The first-order valence-electron chi connectivity index (χ1n) is 11.2. The van der Waals surface area contributed by atoms with Gasteiger partial charge in [-0.05, 0) is 37.5 Å². The molecule has 2 saturated carbocycles. The number of rotatable bonds is 0. The molecule has 7 heteroatoms. The molecule has 2 bridgehead atoms. The molecule has 2 spiro atoms. The van der Waals surface area contributed by atoms with Crippen molar-refractivity contribution in [2.75, 3.05) is 39.4 Å². The SMILES string of the molecule is CC1CC2CC(C)C3(OOC4(CCN(C(=O)N5CCOCC5)CC4)O3)C(C1)C2. The van der Waals surface area contributed by atoms with E-state index in [1.54, 1.807) is 0 Å². The van der Waals surface area contributed by atoms with Crippen LogP contribution in [0.2, 0.25) is 0 Å². The van der Waals surface area contributed by atoms with Crippen molar-refractivity contribution in [2.24, 2.45) is 23.7 Å². The number of likely N-dealkylation sites (tertiary alicyclic amines) is 1. The Bertz CT molecular complexity index is 598. The molecule has 3 aliphatic heterocycles. The van der Waals surface area contributed by atoms with E-state index < -0.39 is 11.6 Å². The number of carbonyl (C=O) groups is 1. The number of ether oxygens (including phenoxy) is 2. The van der Waals surface area contributed by atoms with Gasteiger partial charge < -0.3 is 19.3 Å². The fourth-order valence-corrected chi connectivity index (χ4v) is 6.31. The summed E-state index contributed by atoms with van der Waals surface area (Å²) < 4.78 is 12.1. The van der Waals surface area contributed by atoms with Crippen LogP contribution in [0.1, 0.15) is 52.4 Å². The second-order valence-corrected chi connectivity index (χ2v) is 9.78. The average molecular weight is 395 g/mol. The Kier molecular flexibility index (Phi) is 4.85. The Morgan fingerprint density at radius 3 is 2.36 bits per heavy atom. The lowest BCUT2D eigenvalue weighted by molar-refractivity contribution is -0.380. The van der Waals surface area contributed by atoms with Crippen LogP contribution >= 0.6 is 0 Å². The zero-order chi connectivity index (χ0) is 19.4. The topological polar surface area (TPSA) is 60.5 Å². The Labute approximate surface area is 167 Å². The predicted molar refractivity (Wildman–Crippen MR) is 101 cm³/mol. The van der Waals surface area contributed by atoms with Gasteiger partial charge in [0.05, 0.1) is 13.2 Å². The molecule has 0 radical (unpaired) electrons. The molecule has 3 heterocycles. The van der Waals surface area contributed by atoms with Crippen LogP contribution in [0.4, 0.5) is 4.79 Å². The average Bonchev–Trinajstić information content (AvgIpc) is 3.08. The van der Waals surface area contributed by atoms with Crippen molar-refractivity contribution in [1.29, 1.82) is 0 Å². The maximum Gasteiger partial charge on any atom is 0.320 e. The lowest BCUT2D eigenvalue weighted by Gasteiger charge is -2.50. The number of amides is 2. The highest BCUT2D eigenvalue weighted by atomic mass is 17.3. The number of hydrogen-bond acceptors (Lipinski definition) is 5. The van der Waals surface area contributed by atoms with Crippen molar-refractivity contribution in [3.63, 3.8) is 0 Å². The number of piperidine rings is 1. The molecule has 7 nitrogen and oxygen atoms in total. The van der Waals surface area contributed by atoms with Crippen molar-refractivity contribution in [3.05, 3.63) is 0 Å². The van der Waals surface area contributed by atoms with Crippen LogP contribution in [0.3, 0.4) is 0 Å². The van der Waals surface area contributed by atoms with Gasteiger partial charge in [-0.2, -0.15) is 9.78 Å². The molecule has 0 N–H and O–H groups in total. The van der Waals surface area contributed by atoms with Crippen LogP contribution in [-0.2, 0) is 19.2 Å². The van der Waals surface area contributed by atoms with Gasteiger partial charge in [-0.25, -0.2) is 4.79 Å². The highest BCUT2D eigenvalue weighted by Crippen LogP contribution is 2.57. The molecule has 28 heavy (non-hydrogen) atoms. The van der Waals surface area contributed by atoms with Gasteiger partial charge in [0.15, 0.2) is 0 Å². The van der Waals surface area contributed by atoms with E-state index in [-0.39, 0.29) is 6.03 Å². The van der Waals surface area contributed by atoms with Crippen molar-refractivity contribution >= 4 is 6.03 Å². The van der Waals surface area contributed by atoms with Gasteiger partial charge >= 0.3 is 6.03 Å². The first-order chi connectivity index (χ1) is 13.5. The normalized spacial score (nSPS) is 42.9. The van der Waals surface area contributed by atoms with E-state index in [4.69, 9.17) is 19.2 Å². The third-order valence-corrected chi connectivity index (χ3v) is 7.73. The van der Waals surface area contributed by atoms with E-state index in [2.05, 4.69) is 13.8 Å².